The molecule has 4 aromatic rings. The van der Waals surface area contributed by atoms with Crippen LogP contribution in [-0.4, -0.2) is 40.6 Å². The molecule has 0 spiro atoms. The first kappa shape index (κ1) is 18.2. The molecule has 0 saturated carbocycles. The predicted octanol–water partition coefficient (Wildman–Crippen LogP) is 4.92. The average Bonchev–Trinajstić information content (AvgIpc) is 3.50. The van der Waals surface area contributed by atoms with Crippen LogP contribution in [0.1, 0.15) is 5.56 Å². The summed E-state index contributed by atoms with van der Waals surface area (Å²) in [4.78, 5) is 10.5. The van der Waals surface area contributed by atoms with E-state index in [0.29, 0.717) is 0 Å². The summed E-state index contributed by atoms with van der Waals surface area (Å²) in [5, 5.41) is 2.13. The van der Waals surface area contributed by atoms with Gasteiger partial charge in [-0.1, -0.05) is 30.3 Å². The second-order valence-electron chi connectivity index (χ2n) is 7.42. The van der Waals surface area contributed by atoms with E-state index in [1.165, 1.54) is 21.7 Å². The zero-order valence-corrected chi connectivity index (χ0v) is 17.1. The molecule has 146 valence electrons. The molecule has 0 atom stereocenters. The van der Waals surface area contributed by atoms with Crippen molar-refractivity contribution in [2.24, 2.45) is 0 Å². The summed E-state index contributed by atoms with van der Waals surface area (Å²) in [7, 11) is 0. The van der Waals surface area contributed by atoms with Crippen molar-refractivity contribution in [2.45, 2.75) is 6.54 Å². The first-order valence-corrected chi connectivity index (χ1v) is 10.9. The minimum absolute atomic E-state index is 1.03. The van der Waals surface area contributed by atoms with E-state index in [9.17, 15) is 0 Å². The maximum absolute atomic E-state index is 4.12. The molecule has 4 nitrogen and oxygen atoms in total. The van der Waals surface area contributed by atoms with E-state index in [1.54, 1.807) is 11.3 Å². The highest BCUT2D eigenvalue weighted by Crippen LogP contribution is 2.25. The van der Waals surface area contributed by atoms with Crippen LogP contribution in [0.3, 0.4) is 0 Å². The largest absolute Gasteiger partial charge is 0.369 e. The SMILES string of the molecule is c1csc(-c2ccc(CN3CCN(c4ccc(-n5ccnc5)cc4)CC3)cc2)c1. The van der Waals surface area contributed by atoms with E-state index in [0.717, 1.165) is 38.4 Å². The number of rotatable bonds is 5. The molecule has 0 amide bonds. The molecule has 0 N–H and O–H groups in total. The fourth-order valence-corrected chi connectivity index (χ4v) is 4.62. The summed E-state index contributed by atoms with van der Waals surface area (Å²) in [6, 6.07) is 22.1. The highest BCUT2D eigenvalue weighted by molar-refractivity contribution is 7.13. The van der Waals surface area contributed by atoms with Crippen molar-refractivity contribution in [1.29, 1.82) is 0 Å². The Morgan fingerprint density at radius 2 is 1.59 bits per heavy atom. The van der Waals surface area contributed by atoms with Crippen LogP contribution in [0.25, 0.3) is 16.1 Å². The second-order valence-corrected chi connectivity index (χ2v) is 8.37. The zero-order chi connectivity index (χ0) is 19.5. The van der Waals surface area contributed by atoms with Gasteiger partial charge in [-0.3, -0.25) is 4.90 Å². The van der Waals surface area contributed by atoms with E-state index in [4.69, 9.17) is 0 Å². The number of piperazine rings is 1. The molecule has 29 heavy (non-hydrogen) atoms. The van der Waals surface area contributed by atoms with Crippen molar-refractivity contribution in [2.75, 3.05) is 31.1 Å². The van der Waals surface area contributed by atoms with Gasteiger partial charge in [0.15, 0.2) is 0 Å². The standard InChI is InChI=1S/C24H24N4S/c1-2-24(29-17-1)21-5-3-20(4-6-21)18-26-13-15-27(16-14-26)22-7-9-23(10-8-22)28-12-11-25-19-28/h1-12,17,19H,13-16,18H2. The van der Waals surface area contributed by atoms with E-state index in [-0.39, 0.29) is 0 Å². The molecule has 0 bridgehead atoms. The molecule has 1 saturated heterocycles. The summed E-state index contributed by atoms with van der Waals surface area (Å²) >= 11 is 1.80. The van der Waals surface area contributed by atoms with Crippen molar-refractivity contribution in [1.82, 2.24) is 14.5 Å². The average molecular weight is 401 g/mol. The van der Waals surface area contributed by atoms with Crippen LogP contribution in [-0.2, 0) is 6.54 Å². The summed E-state index contributed by atoms with van der Waals surface area (Å²) < 4.78 is 2.03. The molecule has 1 fully saturated rings. The van der Waals surface area contributed by atoms with Gasteiger partial charge in [0.25, 0.3) is 0 Å². The lowest BCUT2D eigenvalue weighted by atomic mass is 10.1. The Balaban J connectivity index is 1.16. The normalized spacial score (nSPS) is 15.0. The summed E-state index contributed by atoms with van der Waals surface area (Å²) in [6.45, 7) is 5.35. The summed E-state index contributed by atoms with van der Waals surface area (Å²) in [6.07, 6.45) is 5.62. The fourth-order valence-electron chi connectivity index (χ4n) is 3.89. The second kappa shape index (κ2) is 8.23. The quantitative estimate of drug-likeness (QED) is 0.475. The lowest BCUT2D eigenvalue weighted by Crippen LogP contribution is -2.45. The Morgan fingerprint density at radius 1 is 0.828 bits per heavy atom. The van der Waals surface area contributed by atoms with Crippen molar-refractivity contribution >= 4 is 17.0 Å². The number of nitrogens with zero attached hydrogens (tertiary/aromatic N) is 4. The van der Waals surface area contributed by atoms with Crippen LogP contribution in [0.5, 0.6) is 0 Å². The first-order valence-electron chi connectivity index (χ1n) is 10.0. The Labute approximate surface area is 175 Å². The minimum atomic E-state index is 1.03. The van der Waals surface area contributed by atoms with Crippen LogP contribution in [0, 0.1) is 0 Å². The van der Waals surface area contributed by atoms with E-state index in [2.05, 4.69) is 80.8 Å². The Hall–Kier alpha value is -2.89. The van der Waals surface area contributed by atoms with Gasteiger partial charge in [0.1, 0.15) is 0 Å². The number of imidazole rings is 1. The van der Waals surface area contributed by atoms with Gasteiger partial charge >= 0.3 is 0 Å². The lowest BCUT2D eigenvalue weighted by molar-refractivity contribution is 0.250. The predicted molar refractivity (Wildman–Crippen MR) is 121 cm³/mol. The molecule has 1 aliphatic heterocycles. The third-order valence-corrected chi connectivity index (χ3v) is 6.47. The summed E-state index contributed by atoms with van der Waals surface area (Å²) in [5.74, 6) is 0. The molecular weight excluding hydrogens is 376 g/mol. The Kier molecular flexibility index (Phi) is 5.15. The molecule has 0 radical (unpaired) electrons. The van der Waals surface area contributed by atoms with Gasteiger partial charge in [-0.25, -0.2) is 4.98 Å². The fraction of sp³-hybridized carbons (Fsp3) is 0.208. The van der Waals surface area contributed by atoms with Crippen LogP contribution >= 0.6 is 11.3 Å². The van der Waals surface area contributed by atoms with Gasteiger partial charge < -0.3 is 9.47 Å². The minimum Gasteiger partial charge on any atom is -0.369 e. The van der Waals surface area contributed by atoms with E-state index < -0.39 is 0 Å². The molecule has 2 aromatic carbocycles. The number of benzene rings is 2. The van der Waals surface area contributed by atoms with Gasteiger partial charge in [0.05, 0.1) is 6.33 Å². The van der Waals surface area contributed by atoms with Crippen LogP contribution in [0.4, 0.5) is 5.69 Å². The molecule has 3 heterocycles. The number of anilines is 1. The first-order chi connectivity index (χ1) is 14.3. The third-order valence-electron chi connectivity index (χ3n) is 5.56. The van der Waals surface area contributed by atoms with Gasteiger partial charge in [-0.05, 0) is 46.8 Å². The van der Waals surface area contributed by atoms with Gasteiger partial charge in [-0.2, -0.15) is 0 Å². The molecule has 0 unspecified atom stereocenters. The molecule has 1 aliphatic rings. The zero-order valence-electron chi connectivity index (χ0n) is 16.3. The van der Waals surface area contributed by atoms with Crippen molar-refractivity contribution in [3.8, 4) is 16.1 Å². The Bertz CT molecular complexity index is 1010. The maximum Gasteiger partial charge on any atom is 0.0991 e. The number of hydrogen-bond donors (Lipinski definition) is 0. The third kappa shape index (κ3) is 4.11. The van der Waals surface area contributed by atoms with Crippen molar-refractivity contribution < 1.29 is 0 Å². The van der Waals surface area contributed by atoms with Gasteiger partial charge in [-0.15, -0.1) is 11.3 Å². The molecule has 5 heteroatoms. The number of thiophene rings is 1. The molecule has 5 rings (SSSR count). The highest BCUT2D eigenvalue weighted by atomic mass is 32.1. The van der Waals surface area contributed by atoms with Gasteiger partial charge in [0, 0.05) is 61.4 Å². The van der Waals surface area contributed by atoms with Gasteiger partial charge in [0.2, 0.25) is 0 Å². The van der Waals surface area contributed by atoms with Crippen LogP contribution in [0.2, 0.25) is 0 Å². The molecular formula is C24H24N4S. The Morgan fingerprint density at radius 3 is 2.24 bits per heavy atom. The topological polar surface area (TPSA) is 24.3 Å². The smallest absolute Gasteiger partial charge is 0.0991 e. The maximum atomic E-state index is 4.12. The molecule has 0 aliphatic carbocycles. The van der Waals surface area contributed by atoms with E-state index >= 15 is 0 Å². The lowest BCUT2D eigenvalue weighted by Gasteiger charge is -2.36. The monoisotopic (exact) mass is 400 g/mol. The number of aromatic nitrogens is 2. The number of hydrogen-bond acceptors (Lipinski definition) is 4. The highest BCUT2D eigenvalue weighted by Gasteiger charge is 2.17. The van der Waals surface area contributed by atoms with Crippen molar-refractivity contribution in [3.05, 3.63) is 90.3 Å². The van der Waals surface area contributed by atoms with Crippen LogP contribution < -0.4 is 4.90 Å². The van der Waals surface area contributed by atoms with E-state index in [1.807, 2.05) is 23.3 Å². The molecule has 2 aromatic heterocycles. The van der Waals surface area contributed by atoms with Crippen molar-refractivity contribution in [3.63, 3.8) is 0 Å². The summed E-state index contributed by atoms with van der Waals surface area (Å²) in [5.41, 5.74) is 5.15. The van der Waals surface area contributed by atoms with Crippen LogP contribution in [0.15, 0.2) is 84.8 Å².